The van der Waals surface area contributed by atoms with Crippen LogP contribution in [0.15, 0.2) is 76.9 Å². The minimum Gasteiger partial charge on any atom is -0.320 e. The topological polar surface area (TPSA) is 43.6 Å². The third kappa shape index (κ3) is 4.21. The van der Waals surface area contributed by atoms with Gasteiger partial charge in [0.25, 0.3) is 0 Å². The molecule has 0 unspecified atom stereocenters. The van der Waals surface area contributed by atoms with Gasteiger partial charge in [0.2, 0.25) is 0 Å². The summed E-state index contributed by atoms with van der Waals surface area (Å²) in [7, 11) is 2.02. The van der Waals surface area contributed by atoms with E-state index in [9.17, 15) is 0 Å². The van der Waals surface area contributed by atoms with E-state index in [0.29, 0.717) is 5.92 Å². The average molecular weight is 421 g/mol. The maximum atomic E-state index is 6.05. The number of rotatable bonds is 5. The number of benzene rings is 1. The van der Waals surface area contributed by atoms with Gasteiger partial charge in [0.05, 0.1) is 0 Å². The second kappa shape index (κ2) is 8.39. The molecule has 0 N–H and O–H groups in total. The summed E-state index contributed by atoms with van der Waals surface area (Å²) in [6.07, 6.45) is 3.69. The van der Waals surface area contributed by atoms with Gasteiger partial charge in [0.1, 0.15) is 16.4 Å². The van der Waals surface area contributed by atoms with E-state index in [1.54, 1.807) is 18.0 Å². The lowest BCUT2D eigenvalue weighted by Gasteiger charge is -2.08. The summed E-state index contributed by atoms with van der Waals surface area (Å²) in [4.78, 5) is 15.2. The Morgan fingerprint density at radius 1 is 0.966 bits per heavy atom. The van der Waals surface area contributed by atoms with Crippen LogP contribution < -0.4 is 0 Å². The van der Waals surface area contributed by atoms with E-state index in [-0.39, 0.29) is 0 Å². The monoisotopic (exact) mass is 420 g/mol. The van der Waals surface area contributed by atoms with Crippen LogP contribution >= 0.6 is 23.4 Å². The van der Waals surface area contributed by atoms with Crippen molar-refractivity contribution in [3.05, 3.63) is 77.7 Å². The van der Waals surface area contributed by atoms with Crippen molar-refractivity contribution in [2.24, 2.45) is 7.05 Å². The van der Waals surface area contributed by atoms with Crippen LogP contribution in [0.5, 0.6) is 0 Å². The zero-order chi connectivity index (χ0) is 20.4. The first-order valence-electron chi connectivity index (χ1n) is 9.41. The summed E-state index contributed by atoms with van der Waals surface area (Å²) in [5.41, 5.74) is 3.80. The van der Waals surface area contributed by atoms with Crippen molar-refractivity contribution < 1.29 is 0 Å². The van der Waals surface area contributed by atoms with Gasteiger partial charge in [-0.15, -0.1) is 0 Å². The highest BCUT2D eigenvalue weighted by Gasteiger charge is 2.20. The second-order valence-corrected chi connectivity index (χ2v) is 8.54. The molecule has 0 fully saturated rings. The number of pyridine rings is 2. The Morgan fingerprint density at radius 3 is 2.38 bits per heavy atom. The number of nitrogens with zero attached hydrogens (tertiary/aromatic N) is 4. The molecule has 4 rings (SSSR count). The Morgan fingerprint density at radius 2 is 1.76 bits per heavy atom. The smallest absolute Gasteiger partial charge is 0.159 e. The average Bonchev–Trinajstić information content (AvgIpc) is 3.06. The fraction of sp³-hybridized carbons (Fsp3) is 0.174. The van der Waals surface area contributed by atoms with E-state index in [0.717, 1.165) is 43.4 Å². The third-order valence-corrected chi connectivity index (χ3v) is 6.04. The van der Waals surface area contributed by atoms with Crippen LogP contribution in [0.1, 0.15) is 25.5 Å². The molecular formula is C23H21ClN4S. The molecule has 0 bridgehead atoms. The molecule has 0 radical (unpaired) electrons. The first-order valence-corrected chi connectivity index (χ1v) is 10.6. The summed E-state index contributed by atoms with van der Waals surface area (Å²) >= 11 is 7.71. The van der Waals surface area contributed by atoms with E-state index in [1.807, 2.05) is 55.7 Å². The molecule has 1 aromatic carbocycles. The largest absolute Gasteiger partial charge is 0.320 e. The highest BCUT2D eigenvalue weighted by atomic mass is 35.5. The van der Waals surface area contributed by atoms with E-state index in [1.165, 1.54) is 0 Å². The van der Waals surface area contributed by atoms with Crippen molar-refractivity contribution in [2.75, 3.05) is 0 Å². The first-order chi connectivity index (χ1) is 14.0. The molecule has 0 atom stereocenters. The van der Waals surface area contributed by atoms with Crippen LogP contribution in [0.3, 0.4) is 0 Å². The molecule has 0 aliphatic rings. The number of halogens is 1. The lowest BCUT2D eigenvalue weighted by atomic mass is 10.1. The lowest BCUT2D eigenvalue weighted by Crippen LogP contribution is -1.96. The molecule has 0 spiro atoms. The van der Waals surface area contributed by atoms with Gasteiger partial charge in [-0.2, -0.15) is 0 Å². The number of imidazole rings is 1. The molecule has 0 amide bonds. The summed E-state index contributed by atoms with van der Waals surface area (Å²) < 4.78 is 2.09. The van der Waals surface area contributed by atoms with Crippen molar-refractivity contribution >= 4 is 23.4 Å². The van der Waals surface area contributed by atoms with Gasteiger partial charge in [-0.1, -0.05) is 43.3 Å². The van der Waals surface area contributed by atoms with Crippen molar-refractivity contribution in [1.29, 1.82) is 0 Å². The van der Waals surface area contributed by atoms with E-state index < -0.39 is 0 Å². The lowest BCUT2D eigenvalue weighted by molar-refractivity contribution is 0.821. The quantitative estimate of drug-likeness (QED) is 0.371. The number of hydrogen-bond donors (Lipinski definition) is 0. The Hall–Kier alpha value is -2.63. The molecule has 0 aliphatic carbocycles. The predicted octanol–water partition coefficient (Wildman–Crippen LogP) is 6.47. The van der Waals surface area contributed by atoms with Gasteiger partial charge in [-0.25, -0.2) is 4.98 Å². The third-order valence-electron chi connectivity index (χ3n) is 4.62. The van der Waals surface area contributed by atoms with Crippen molar-refractivity contribution in [1.82, 2.24) is 19.5 Å². The minimum atomic E-state index is 0.389. The molecule has 146 valence electrons. The molecule has 0 saturated heterocycles. The van der Waals surface area contributed by atoms with Crippen LogP contribution in [0.25, 0.3) is 22.8 Å². The Balaban J connectivity index is 1.82. The molecule has 0 saturated carbocycles. The number of hydrogen-bond acceptors (Lipinski definition) is 4. The molecule has 3 heterocycles. The first kappa shape index (κ1) is 19.7. The summed E-state index contributed by atoms with van der Waals surface area (Å²) in [5, 5.41) is 1.76. The molecule has 6 heteroatoms. The molecular weight excluding hydrogens is 400 g/mol. The van der Waals surface area contributed by atoms with Crippen molar-refractivity contribution in [3.8, 4) is 22.8 Å². The second-order valence-electron chi connectivity index (χ2n) is 7.05. The molecule has 4 nitrogen and oxygen atoms in total. The maximum absolute atomic E-state index is 6.05. The van der Waals surface area contributed by atoms with Crippen LogP contribution in [-0.4, -0.2) is 19.5 Å². The summed E-state index contributed by atoms with van der Waals surface area (Å²) in [6.45, 7) is 4.29. The molecule has 29 heavy (non-hydrogen) atoms. The zero-order valence-electron chi connectivity index (χ0n) is 16.5. The van der Waals surface area contributed by atoms with Crippen LogP contribution in [0, 0.1) is 0 Å². The highest BCUT2D eigenvalue weighted by Crippen LogP contribution is 2.38. The zero-order valence-corrected chi connectivity index (χ0v) is 18.1. The molecule has 0 aliphatic heterocycles. The SMILES string of the molecule is CC(C)c1ccc(-c2nc(-c3ccccn3)n(C)c2Sc2ccc(Cl)cc2)cn1. The van der Waals surface area contributed by atoms with Crippen LogP contribution in [-0.2, 0) is 7.05 Å². The standard InChI is InChI=1S/C23H21ClN4S/c1-15(2)19-12-7-16(14-26-19)21-23(29-18-10-8-17(24)9-11-18)28(3)22(27-21)20-6-4-5-13-25-20/h4-15H,1-3H3. The normalized spacial score (nSPS) is 11.2. The van der Waals surface area contributed by atoms with E-state index >= 15 is 0 Å². The molecule has 4 aromatic rings. The van der Waals surface area contributed by atoms with Gasteiger partial charge in [-0.05, 0) is 54.4 Å². The number of aromatic nitrogens is 4. The van der Waals surface area contributed by atoms with Crippen LogP contribution in [0.2, 0.25) is 5.02 Å². The van der Waals surface area contributed by atoms with Gasteiger partial charge in [0, 0.05) is 40.6 Å². The highest BCUT2D eigenvalue weighted by molar-refractivity contribution is 7.99. The van der Waals surface area contributed by atoms with E-state index in [2.05, 4.69) is 40.5 Å². The molecule has 3 aromatic heterocycles. The van der Waals surface area contributed by atoms with Gasteiger partial charge in [0.15, 0.2) is 5.82 Å². The summed E-state index contributed by atoms with van der Waals surface area (Å²) in [5.74, 6) is 1.21. The Kier molecular flexibility index (Phi) is 5.69. The van der Waals surface area contributed by atoms with Crippen molar-refractivity contribution in [3.63, 3.8) is 0 Å². The minimum absolute atomic E-state index is 0.389. The summed E-state index contributed by atoms with van der Waals surface area (Å²) in [6, 6.07) is 17.9. The van der Waals surface area contributed by atoms with E-state index in [4.69, 9.17) is 16.6 Å². The van der Waals surface area contributed by atoms with Gasteiger partial charge in [-0.3, -0.25) is 9.97 Å². The fourth-order valence-electron chi connectivity index (χ4n) is 3.01. The maximum Gasteiger partial charge on any atom is 0.159 e. The Bertz CT molecular complexity index is 1100. The van der Waals surface area contributed by atoms with Gasteiger partial charge >= 0.3 is 0 Å². The van der Waals surface area contributed by atoms with Crippen molar-refractivity contribution in [2.45, 2.75) is 29.7 Å². The van der Waals surface area contributed by atoms with Crippen LogP contribution in [0.4, 0.5) is 0 Å². The van der Waals surface area contributed by atoms with Gasteiger partial charge < -0.3 is 4.57 Å². The predicted molar refractivity (Wildman–Crippen MR) is 119 cm³/mol. The Labute approximate surface area is 180 Å². The fourth-order valence-corrected chi connectivity index (χ4v) is 4.12.